The van der Waals surface area contributed by atoms with Gasteiger partial charge < -0.3 is 5.73 Å². The summed E-state index contributed by atoms with van der Waals surface area (Å²) < 4.78 is 0. The molecule has 2 rings (SSSR count). The van der Waals surface area contributed by atoms with Gasteiger partial charge in [-0.1, -0.05) is 30.3 Å². The van der Waals surface area contributed by atoms with E-state index in [9.17, 15) is 0 Å². The van der Waals surface area contributed by atoms with E-state index in [1.54, 1.807) is 0 Å². The maximum atomic E-state index is 6.03. The van der Waals surface area contributed by atoms with Gasteiger partial charge in [0.1, 0.15) is 0 Å². The van der Waals surface area contributed by atoms with Crippen LogP contribution in [0.4, 0.5) is 0 Å². The van der Waals surface area contributed by atoms with Gasteiger partial charge in [0.15, 0.2) is 0 Å². The molecule has 0 aliphatic carbocycles. The molecule has 1 aliphatic heterocycles. The molecule has 0 saturated carbocycles. The van der Waals surface area contributed by atoms with E-state index in [1.807, 2.05) is 18.2 Å². The van der Waals surface area contributed by atoms with Crippen molar-refractivity contribution < 1.29 is 0 Å². The van der Waals surface area contributed by atoms with E-state index < -0.39 is 0 Å². The zero-order valence-electron chi connectivity index (χ0n) is 6.33. The Morgan fingerprint density at radius 2 is 1.82 bits per heavy atom. The Labute approximate surface area is 66.4 Å². The molecule has 0 aromatic heterocycles. The molecule has 2 N–H and O–H groups in total. The second-order valence-electron chi connectivity index (χ2n) is 3.06. The molecule has 0 spiro atoms. The van der Waals surface area contributed by atoms with Gasteiger partial charge in [-0.05, 0) is 5.56 Å². The van der Waals surface area contributed by atoms with Crippen LogP contribution in [0.3, 0.4) is 0 Å². The summed E-state index contributed by atoms with van der Waals surface area (Å²) in [5.74, 6) is 0. The highest BCUT2D eigenvalue weighted by Crippen LogP contribution is 2.22. The zero-order chi connectivity index (χ0) is 7.73. The molecule has 1 heterocycles. The molecule has 1 radical (unpaired) electrons. The Kier molecular flexibility index (Phi) is 1.44. The second-order valence-corrected chi connectivity index (χ2v) is 3.06. The van der Waals surface area contributed by atoms with E-state index in [0.29, 0.717) is 0 Å². The predicted octanol–water partition coefficient (Wildman–Crippen LogP) is 0.459. The van der Waals surface area contributed by atoms with Crippen molar-refractivity contribution in [2.75, 3.05) is 13.1 Å². The molecule has 0 bridgehead atoms. The molecule has 11 heavy (non-hydrogen) atoms. The monoisotopic (exact) mass is 147 g/mol. The molecule has 57 valence electrons. The van der Waals surface area contributed by atoms with Crippen molar-refractivity contribution in [1.82, 2.24) is 5.32 Å². The van der Waals surface area contributed by atoms with Gasteiger partial charge in [0.2, 0.25) is 0 Å². The summed E-state index contributed by atoms with van der Waals surface area (Å²) in [6.45, 7) is 1.55. The van der Waals surface area contributed by atoms with Crippen LogP contribution in [0, 0.1) is 0 Å². The van der Waals surface area contributed by atoms with E-state index in [1.165, 1.54) is 5.56 Å². The minimum Gasteiger partial charge on any atom is -0.319 e. The molecule has 0 unspecified atom stereocenters. The van der Waals surface area contributed by atoms with Crippen LogP contribution in [0.25, 0.3) is 0 Å². The molecular weight excluding hydrogens is 136 g/mol. The summed E-state index contributed by atoms with van der Waals surface area (Å²) >= 11 is 0. The van der Waals surface area contributed by atoms with Gasteiger partial charge in [-0.25, -0.2) is 5.32 Å². The van der Waals surface area contributed by atoms with Crippen molar-refractivity contribution in [2.45, 2.75) is 5.54 Å². The number of benzene rings is 1. The highest BCUT2D eigenvalue weighted by Gasteiger charge is 2.34. The smallest absolute Gasteiger partial charge is 0.0695 e. The molecule has 1 saturated heterocycles. The largest absolute Gasteiger partial charge is 0.319 e. The Hall–Kier alpha value is -0.860. The van der Waals surface area contributed by atoms with Gasteiger partial charge in [0.25, 0.3) is 0 Å². The zero-order valence-corrected chi connectivity index (χ0v) is 6.33. The third kappa shape index (κ3) is 1.04. The number of nitrogens with two attached hydrogens (primary N) is 1. The Morgan fingerprint density at radius 3 is 2.27 bits per heavy atom. The molecule has 1 aromatic rings. The quantitative estimate of drug-likeness (QED) is 0.616. The first-order valence-corrected chi connectivity index (χ1v) is 3.79. The molecule has 1 aromatic carbocycles. The number of nitrogens with zero attached hydrogens (tertiary/aromatic N) is 1. The average Bonchev–Trinajstić information content (AvgIpc) is 2.02. The third-order valence-electron chi connectivity index (χ3n) is 2.14. The normalized spacial score (nSPS) is 20.8. The maximum Gasteiger partial charge on any atom is 0.0695 e. The second kappa shape index (κ2) is 2.32. The molecular formula is C9H11N2. The Morgan fingerprint density at radius 1 is 1.18 bits per heavy atom. The van der Waals surface area contributed by atoms with Crippen molar-refractivity contribution in [2.24, 2.45) is 5.73 Å². The minimum atomic E-state index is -0.152. The first-order valence-electron chi connectivity index (χ1n) is 3.79. The van der Waals surface area contributed by atoms with Crippen molar-refractivity contribution in [3.8, 4) is 0 Å². The van der Waals surface area contributed by atoms with E-state index in [2.05, 4.69) is 17.4 Å². The van der Waals surface area contributed by atoms with Crippen molar-refractivity contribution in [1.29, 1.82) is 0 Å². The van der Waals surface area contributed by atoms with E-state index in [0.717, 1.165) is 13.1 Å². The summed E-state index contributed by atoms with van der Waals surface area (Å²) in [6.07, 6.45) is 0. The summed E-state index contributed by atoms with van der Waals surface area (Å²) in [5.41, 5.74) is 7.08. The van der Waals surface area contributed by atoms with E-state index >= 15 is 0 Å². The SMILES string of the molecule is NC1(c2ccccc2)C[N]C1. The van der Waals surface area contributed by atoms with Crippen LogP contribution >= 0.6 is 0 Å². The van der Waals surface area contributed by atoms with E-state index in [4.69, 9.17) is 5.73 Å². The van der Waals surface area contributed by atoms with Crippen LogP contribution in [0.2, 0.25) is 0 Å². The van der Waals surface area contributed by atoms with Gasteiger partial charge >= 0.3 is 0 Å². The van der Waals surface area contributed by atoms with E-state index in [-0.39, 0.29) is 5.54 Å². The lowest BCUT2D eigenvalue weighted by molar-refractivity contribution is 0.279. The van der Waals surface area contributed by atoms with Crippen LogP contribution in [0.15, 0.2) is 30.3 Å². The van der Waals surface area contributed by atoms with Crippen molar-refractivity contribution in [3.05, 3.63) is 35.9 Å². The molecule has 0 atom stereocenters. The number of rotatable bonds is 1. The molecule has 2 nitrogen and oxygen atoms in total. The summed E-state index contributed by atoms with van der Waals surface area (Å²) in [7, 11) is 0. The minimum absolute atomic E-state index is 0.152. The maximum absolute atomic E-state index is 6.03. The average molecular weight is 147 g/mol. The lowest BCUT2D eigenvalue weighted by Crippen LogP contribution is -2.59. The van der Waals surface area contributed by atoms with Crippen LogP contribution < -0.4 is 11.1 Å². The predicted molar refractivity (Wildman–Crippen MR) is 44.2 cm³/mol. The van der Waals surface area contributed by atoms with Crippen LogP contribution in [0.1, 0.15) is 5.56 Å². The number of hydrogen-bond donors (Lipinski definition) is 1. The van der Waals surface area contributed by atoms with Gasteiger partial charge in [0.05, 0.1) is 5.54 Å². The van der Waals surface area contributed by atoms with Gasteiger partial charge in [0, 0.05) is 13.1 Å². The standard InChI is InChI=1S/C9H11N2/c10-9(6-11-7-9)8-4-2-1-3-5-8/h1-5H,6-7,10H2. The third-order valence-corrected chi connectivity index (χ3v) is 2.14. The topological polar surface area (TPSA) is 40.1 Å². The van der Waals surface area contributed by atoms with Crippen LogP contribution in [-0.4, -0.2) is 13.1 Å². The van der Waals surface area contributed by atoms with Crippen LogP contribution in [0.5, 0.6) is 0 Å². The molecule has 1 aliphatic rings. The number of hydrogen-bond acceptors (Lipinski definition) is 1. The highest BCUT2D eigenvalue weighted by molar-refractivity contribution is 5.27. The summed E-state index contributed by atoms with van der Waals surface area (Å²) in [5, 5.41) is 4.12. The van der Waals surface area contributed by atoms with Crippen molar-refractivity contribution >= 4 is 0 Å². The van der Waals surface area contributed by atoms with Crippen molar-refractivity contribution in [3.63, 3.8) is 0 Å². The fraction of sp³-hybridized carbons (Fsp3) is 0.333. The molecule has 2 heteroatoms. The van der Waals surface area contributed by atoms with Gasteiger partial charge in [-0.15, -0.1) is 0 Å². The fourth-order valence-corrected chi connectivity index (χ4v) is 1.31. The Balaban J connectivity index is 2.29. The molecule has 0 amide bonds. The summed E-state index contributed by atoms with van der Waals surface area (Å²) in [6, 6.07) is 10.2. The fourth-order valence-electron chi connectivity index (χ4n) is 1.31. The van der Waals surface area contributed by atoms with Crippen LogP contribution in [-0.2, 0) is 5.54 Å². The highest BCUT2D eigenvalue weighted by atomic mass is 15.1. The van der Waals surface area contributed by atoms with Gasteiger partial charge in [-0.2, -0.15) is 0 Å². The summed E-state index contributed by atoms with van der Waals surface area (Å²) in [4.78, 5) is 0. The molecule has 1 fully saturated rings. The van der Waals surface area contributed by atoms with Gasteiger partial charge in [-0.3, -0.25) is 0 Å². The first kappa shape index (κ1) is 6.83. The Bertz CT molecular complexity index is 239. The lowest BCUT2D eigenvalue weighted by atomic mass is 9.86. The lowest BCUT2D eigenvalue weighted by Gasteiger charge is -2.37. The first-order chi connectivity index (χ1) is 5.31.